The van der Waals surface area contributed by atoms with Gasteiger partial charge < -0.3 is 4.90 Å². The lowest BCUT2D eigenvalue weighted by Crippen LogP contribution is -2.26. The third kappa shape index (κ3) is 5.39. The van der Waals surface area contributed by atoms with Gasteiger partial charge in [-0.2, -0.15) is 0 Å². The molecule has 1 fully saturated rings. The summed E-state index contributed by atoms with van der Waals surface area (Å²) in [6.45, 7) is 0.596. The number of amides is 1. The second kappa shape index (κ2) is 8.21. The van der Waals surface area contributed by atoms with Crippen LogP contribution in [0.15, 0.2) is 45.1 Å². The molecule has 140 valence electrons. The second-order valence-corrected chi connectivity index (χ2v) is 10.8. The maximum absolute atomic E-state index is 12.3. The first-order chi connectivity index (χ1) is 12.3. The summed E-state index contributed by atoms with van der Waals surface area (Å²) >= 11 is 5.04. The van der Waals surface area contributed by atoms with Crippen molar-refractivity contribution < 1.29 is 13.2 Å². The van der Waals surface area contributed by atoms with E-state index in [1.165, 1.54) is 0 Å². The normalized spacial score (nSPS) is 14.4. The van der Waals surface area contributed by atoms with Gasteiger partial charge in [-0.3, -0.25) is 4.79 Å². The molecule has 0 spiro atoms. The maximum Gasteiger partial charge on any atom is 0.240 e. The zero-order valence-electron chi connectivity index (χ0n) is 14.4. The zero-order chi connectivity index (χ0) is 18.7. The Labute approximate surface area is 166 Å². The summed E-state index contributed by atoms with van der Waals surface area (Å²) in [6, 6.07) is 10.9. The lowest BCUT2D eigenvalue weighted by Gasteiger charge is -2.16. The Kier molecular flexibility index (Phi) is 6.17. The van der Waals surface area contributed by atoms with Crippen LogP contribution in [-0.2, 0) is 27.8 Å². The summed E-state index contributed by atoms with van der Waals surface area (Å²) in [7, 11) is -1.62. The van der Waals surface area contributed by atoms with Crippen molar-refractivity contribution in [3.05, 3.63) is 50.6 Å². The molecule has 0 radical (unpaired) electrons. The number of thiophene rings is 1. The van der Waals surface area contributed by atoms with Crippen LogP contribution in [0.5, 0.6) is 0 Å². The third-order valence-corrected chi connectivity index (χ3v) is 7.35. The first kappa shape index (κ1) is 19.5. The van der Waals surface area contributed by atoms with Gasteiger partial charge in [0.15, 0.2) is 0 Å². The lowest BCUT2D eigenvalue weighted by atomic mass is 10.1. The standard InChI is InChI=1S/C18H21BrN2O3S2/c1-21(12-15-7-10-17(19)25-15)18(22)11-4-13-2-8-16(9-3-13)26(23,24)20-14-5-6-14/h2-3,7-10,14,20H,4-6,11-12H2,1H3. The number of nitrogens with one attached hydrogen (secondary N) is 1. The van der Waals surface area contributed by atoms with Crippen molar-refractivity contribution in [2.45, 2.75) is 43.2 Å². The number of hydrogen-bond acceptors (Lipinski definition) is 4. The molecule has 1 saturated carbocycles. The number of nitrogens with zero attached hydrogens (tertiary/aromatic N) is 1. The predicted molar refractivity (Wildman–Crippen MR) is 107 cm³/mol. The zero-order valence-corrected chi connectivity index (χ0v) is 17.7. The molecule has 5 nitrogen and oxygen atoms in total. The van der Waals surface area contributed by atoms with E-state index in [-0.39, 0.29) is 16.8 Å². The summed E-state index contributed by atoms with van der Waals surface area (Å²) < 4.78 is 28.0. The Bertz CT molecular complexity index is 874. The molecule has 0 atom stereocenters. The van der Waals surface area contributed by atoms with E-state index >= 15 is 0 Å². The summed E-state index contributed by atoms with van der Waals surface area (Å²) in [5.74, 6) is 0.0709. The molecule has 1 aromatic carbocycles. The van der Waals surface area contributed by atoms with Gasteiger partial charge in [-0.05, 0) is 65.0 Å². The van der Waals surface area contributed by atoms with Crippen LogP contribution in [0, 0.1) is 0 Å². The molecule has 26 heavy (non-hydrogen) atoms. The van der Waals surface area contributed by atoms with Crippen molar-refractivity contribution in [1.29, 1.82) is 0 Å². The maximum atomic E-state index is 12.3. The van der Waals surface area contributed by atoms with Gasteiger partial charge in [-0.1, -0.05) is 12.1 Å². The number of sulfonamides is 1. The van der Waals surface area contributed by atoms with Crippen LogP contribution in [-0.4, -0.2) is 32.3 Å². The third-order valence-electron chi connectivity index (χ3n) is 4.21. The Morgan fingerprint density at radius 1 is 1.23 bits per heavy atom. The molecule has 1 aliphatic rings. The molecule has 0 saturated heterocycles. The van der Waals surface area contributed by atoms with Crippen molar-refractivity contribution in [1.82, 2.24) is 9.62 Å². The van der Waals surface area contributed by atoms with Crippen molar-refractivity contribution in [3.63, 3.8) is 0 Å². The van der Waals surface area contributed by atoms with Gasteiger partial charge >= 0.3 is 0 Å². The minimum Gasteiger partial charge on any atom is -0.341 e. The van der Waals surface area contributed by atoms with E-state index < -0.39 is 10.0 Å². The second-order valence-electron chi connectivity index (χ2n) is 6.50. The van der Waals surface area contributed by atoms with E-state index in [0.29, 0.717) is 19.4 Å². The van der Waals surface area contributed by atoms with Crippen molar-refractivity contribution in [3.8, 4) is 0 Å². The first-order valence-corrected chi connectivity index (χ1v) is 11.5. The van der Waals surface area contributed by atoms with Crippen LogP contribution >= 0.6 is 27.3 Å². The lowest BCUT2D eigenvalue weighted by molar-refractivity contribution is -0.130. The highest BCUT2D eigenvalue weighted by atomic mass is 79.9. The number of hydrogen-bond donors (Lipinski definition) is 1. The highest BCUT2D eigenvalue weighted by Gasteiger charge is 2.27. The van der Waals surface area contributed by atoms with Crippen LogP contribution in [0.3, 0.4) is 0 Å². The smallest absolute Gasteiger partial charge is 0.240 e. The fourth-order valence-electron chi connectivity index (χ4n) is 2.52. The molecule has 3 rings (SSSR count). The van der Waals surface area contributed by atoms with Crippen LogP contribution in [0.1, 0.15) is 29.7 Å². The average Bonchev–Trinajstić information content (AvgIpc) is 3.31. The minimum atomic E-state index is -3.42. The van der Waals surface area contributed by atoms with Crippen LogP contribution in [0.4, 0.5) is 0 Å². The summed E-state index contributed by atoms with van der Waals surface area (Å²) in [5.41, 5.74) is 0.955. The molecule has 1 heterocycles. The van der Waals surface area contributed by atoms with Gasteiger partial charge in [0.05, 0.1) is 15.2 Å². The largest absolute Gasteiger partial charge is 0.341 e. The van der Waals surface area contributed by atoms with Crippen LogP contribution < -0.4 is 4.72 Å². The number of halogens is 1. The first-order valence-electron chi connectivity index (χ1n) is 8.43. The number of rotatable bonds is 8. The van der Waals surface area contributed by atoms with E-state index in [2.05, 4.69) is 20.7 Å². The van der Waals surface area contributed by atoms with Crippen LogP contribution in [0.2, 0.25) is 0 Å². The molecule has 1 aliphatic carbocycles. The van der Waals surface area contributed by atoms with E-state index in [1.54, 1.807) is 47.5 Å². The average molecular weight is 457 g/mol. The highest BCUT2D eigenvalue weighted by molar-refractivity contribution is 9.11. The van der Waals surface area contributed by atoms with Gasteiger partial charge in [0.1, 0.15) is 0 Å². The fraction of sp³-hybridized carbons (Fsp3) is 0.389. The molecular formula is C18H21BrN2O3S2. The Morgan fingerprint density at radius 2 is 1.92 bits per heavy atom. The van der Waals surface area contributed by atoms with Crippen molar-refractivity contribution in [2.75, 3.05) is 7.05 Å². The van der Waals surface area contributed by atoms with Crippen molar-refractivity contribution >= 4 is 43.2 Å². The van der Waals surface area contributed by atoms with Gasteiger partial charge in [0.25, 0.3) is 0 Å². The van der Waals surface area contributed by atoms with E-state index in [0.717, 1.165) is 27.1 Å². The summed E-state index contributed by atoms with van der Waals surface area (Å²) in [6.07, 6.45) is 2.81. The molecular weight excluding hydrogens is 436 g/mol. The highest BCUT2D eigenvalue weighted by Crippen LogP contribution is 2.24. The number of carbonyl (C=O) groups excluding carboxylic acids is 1. The molecule has 1 amide bonds. The predicted octanol–water partition coefficient (Wildman–Crippen LogP) is 3.54. The molecule has 0 aliphatic heterocycles. The van der Waals surface area contributed by atoms with E-state index in [4.69, 9.17) is 0 Å². The minimum absolute atomic E-state index is 0.0709. The SMILES string of the molecule is CN(Cc1ccc(Br)s1)C(=O)CCc1ccc(S(=O)(=O)NC2CC2)cc1. The number of aryl methyl sites for hydroxylation is 1. The Morgan fingerprint density at radius 3 is 2.50 bits per heavy atom. The van der Waals surface area contributed by atoms with E-state index in [1.807, 2.05) is 12.1 Å². The Hall–Kier alpha value is -1.22. The topological polar surface area (TPSA) is 66.5 Å². The molecule has 0 bridgehead atoms. The van der Waals surface area contributed by atoms with E-state index in [9.17, 15) is 13.2 Å². The van der Waals surface area contributed by atoms with Gasteiger partial charge in [-0.15, -0.1) is 11.3 Å². The number of carbonyl (C=O) groups is 1. The quantitative estimate of drug-likeness (QED) is 0.660. The Balaban J connectivity index is 1.51. The van der Waals surface area contributed by atoms with Gasteiger partial charge in [0, 0.05) is 24.4 Å². The molecule has 8 heteroatoms. The molecule has 0 unspecified atom stereocenters. The van der Waals surface area contributed by atoms with Gasteiger partial charge in [-0.25, -0.2) is 13.1 Å². The molecule has 2 aromatic rings. The van der Waals surface area contributed by atoms with Gasteiger partial charge in [0.2, 0.25) is 15.9 Å². The number of benzene rings is 1. The van der Waals surface area contributed by atoms with Crippen LogP contribution in [0.25, 0.3) is 0 Å². The monoisotopic (exact) mass is 456 g/mol. The molecule has 1 aromatic heterocycles. The fourth-order valence-corrected chi connectivity index (χ4v) is 5.37. The molecule has 1 N–H and O–H groups in total. The summed E-state index contributed by atoms with van der Waals surface area (Å²) in [4.78, 5) is 15.4. The summed E-state index contributed by atoms with van der Waals surface area (Å²) in [5, 5.41) is 0. The van der Waals surface area contributed by atoms with Crippen molar-refractivity contribution in [2.24, 2.45) is 0 Å².